The zero-order chi connectivity index (χ0) is 32.4. The third-order valence-electron chi connectivity index (χ3n) is 7.39. The van der Waals surface area contributed by atoms with Gasteiger partial charge in [-0.05, 0) is 58.7 Å². The second-order valence-corrected chi connectivity index (χ2v) is 10.2. The molecule has 0 aliphatic rings. The molecule has 1 aromatic heterocycles. The SMILES string of the molecule is N#CN=c1c2cc(-c3cccc(OC(F)(F)F)c3)ccc2c2nc3c(=N)c4cc(-c5cccc(OC(F)(F)F)c5)ccc4c3nc12. The van der Waals surface area contributed by atoms with Crippen LogP contribution in [-0.2, 0) is 0 Å². The lowest BCUT2D eigenvalue weighted by molar-refractivity contribution is -0.275. The Hall–Kier alpha value is -6.03. The van der Waals surface area contributed by atoms with Crippen LogP contribution >= 0.6 is 0 Å². The molecule has 0 spiro atoms. The Bertz CT molecular complexity index is 2510. The molecule has 0 radical (unpaired) electrons. The number of alkyl halides is 6. The Labute approximate surface area is 253 Å². The highest BCUT2D eigenvalue weighted by Crippen LogP contribution is 2.34. The summed E-state index contributed by atoms with van der Waals surface area (Å²) in [4.78, 5) is 13.5. The molecule has 46 heavy (non-hydrogen) atoms. The molecule has 0 fully saturated rings. The van der Waals surface area contributed by atoms with Crippen LogP contribution in [0.5, 0.6) is 11.5 Å². The first-order chi connectivity index (χ1) is 21.9. The lowest BCUT2D eigenvalue weighted by atomic mass is 10.0. The van der Waals surface area contributed by atoms with Crippen molar-refractivity contribution in [2.24, 2.45) is 4.99 Å². The summed E-state index contributed by atoms with van der Waals surface area (Å²) in [5, 5.41) is 20.7. The van der Waals surface area contributed by atoms with Crippen molar-refractivity contribution in [3.05, 3.63) is 95.6 Å². The van der Waals surface area contributed by atoms with E-state index in [1.165, 1.54) is 36.4 Å². The van der Waals surface area contributed by atoms with Gasteiger partial charge in [-0.15, -0.1) is 26.3 Å². The molecule has 1 N–H and O–H groups in total. The lowest BCUT2D eigenvalue weighted by Gasteiger charge is -2.10. The highest BCUT2D eigenvalue weighted by Gasteiger charge is 2.32. The van der Waals surface area contributed by atoms with Crippen LogP contribution < -0.4 is 20.2 Å². The molecular formula is C33H15F6N5O2. The predicted molar refractivity (Wildman–Crippen MR) is 156 cm³/mol. The molecule has 0 aliphatic carbocycles. The van der Waals surface area contributed by atoms with Crippen LogP contribution in [0.25, 0.3) is 65.9 Å². The number of fused-ring (bicyclic) bond motifs is 6. The summed E-state index contributed by atoms with van der Waals surface area (Å²) in [5.74, 6) is -0.765. The molecular weight excluding hydrogens is 612 g/mol. The largest absolute Gasteiger partial charge is 0.573 e. The van der Waals surface area contributed by atoms with E-state index in [1.807, 2.05) is 0 Å². The van der Waals surface area contributed by atoms with Gasteiger partial charge in [0.1, 0.15) is 27.9 Å². The molecule has 7 aromatic rings. The monoisotopic (exact) mass is 627 g/mol. The maximum absolute atomic E-state index is 12.8. The molecule has 0 atom stereocenters. The highest BCUT2D eigenvalue weighted by molar-refractivity contribution is 6.15. The van der Waals surface area contributed by atoms with Gasteiger partial charge in [-0.25, -0.2) is 9.97 Å². The Morgan fingerprint density at radius 1 is 0.587 bits per heavy atom. The van der Waals surface area contributed by atoms with E-state index in [0.717, 1.165) is 0 Å². The molecule has 0 bridgehead atoms. The number of hydrogen-bond donors (Lipinski definition) is 1. The second-order valence-electron chi connectivity index (χ2n) is 10.2. The molecule has 0 aliphatic heterocycles. The van der Waals surface area contributed by atoms with Gasteiger partial charge in [0, 0.05) is 21.5 Å². The summed E-state index contributed by atoms with van der Waals surface area (Å²) in [5.41, 5.74) is 3.27. The van der Waals surface area contributed by atoms with Crippen LogP contribution in [-0.4, -0.2) is 22.7 Å². The fraction of sp³-hybridized carbons (Fsp3) is 0.0606. The first kappa shape index (κ1) is 28.7. The Morgan fingerprint density at radius 2 is 1.07 bits per heavy atom. The van der Waals surface area contributed by atoms with Crippen molar-refractivity contribution in [1.29, 1.82) is 10.7 Å². The smallest absolute Gasteiger partial charge is 0.406 e. The van der Waals surface area contributed by atoms with Gasteiger partial charge < -0.3 is 9.47 Å². The van der Waals surface area contributed by atoms with Crippen molar-refractivity contribution in [1.82, 2.24) is 9.97 Å². The third-order valence-corrected chi connectivity index (χ3v) is 7.39. The van der Waals surface area contributed by atoms with Gasteiger partial charge in [-0.1, -0.05) is 48.5 Å². The molecule has 0 amide bonds. The number of nitrogens with one attached hydrogen (secondary N) is 1. The third kappa shape index (κ3) is 5.09. The molecule has 7 nitrogen and oxygen atoms in total. The minimum atomic E-state index is -4.85. The second kappa shape index (κ2) is 10.3. The van der Waals surface area contributed by atoms with E-state index in [-0.39, 0.29) is 27.7 Å². The predicted octanol–water partition coefficient (Wildman–Crippen LogP) is 7.96. The molecule has 13 heteroatoms. The molecule has 0 unspecified atom stereocenters. The summed E-state index contributed by atoms with van der Waals surface area (Å²) in [7, 11) is 0. The number of halogens is 6. The summed E-state index contributed by atoms with van der Waals surface area (Å²) in [6, 6.07) is 21.1. The number of ether oxygens (including phenoxy) is 2. The Balaban J connectivity index is 1.38. The number of nitriles is 1. The highest BCUT2D eigenvalue weighted by atomic mass is 19.4. The first-order valence-electron chi connectivity index (χ1n) is 13.4. The maximum Gasteiger partial charge on any atom is 0.573 e. The average molecular weight is 628 g/mol. The summed E-state index contributed by atoms with van der Waals surface area (Å²) < 4.78 is 84.7. The summed E-state index contributed by atoms with van der Waals surface area (Å²) >= 11 is 0. The van der Waals surface area contributed by atoms with Crippen molar-refractivity contribution in [2.75, 3.05) is 0 Å². The van der Waals surface area contributed by atoms with Crippen LogP contribution in [0.4, 0.5) is 26.3 Å². The fourth-order valence-corrected chi connectivity index (χ4v) is 5.58. The number of nitrogens with zero attached hydrogens (tertiary/aromatic N) is 4. The minimum absolute atomic E-state index is 0.0511. The van der Waals surface area contributed by atoms with E-state index < -0.39 is 12.7 Å². The first-order valence-corrected chi connectivity index (χ1v) is 13.4. The van der Waals surface area contributed by atoms with Gasteiger partial charge in [0.25, 0.3) is 0 Å². The normalized spacial score (nSPS) is 12.8. The quantitative estimate of drug-likeness (QED) is 0.158. The van der Waals surface area contributed by atoms with Gasteiger partial charge in [-0.2, -0.15) is 10.3 Å². The standard InChI is InChI=1S/C33H15F6N5O2/c34-32(35,36)45-20-5-1-3-16(11-20)18-7-9-22-24(13-18)26(41)30-28(22)44-31-27(42-15-40)25-14-19(8-10-23(25)29(31)43-30)17-4-2-6-21(12-17)46-33(37,38)39/h1-14,41H. The average Bonchev–Trinajstić information content (AvgIpc) is 3.45. The zero-order valence-electron chi connectivity index (χ0n) is 23.0. The van der Waals surface area contributed by atoms with Gasteiger partial charge >= 0.3 is 12.7 Å². The van der Waals surface area contributed by atoms with Crippen LogP contribution in [0.1, 0.15) is 0 Å². The van der Waals surface area contributed by atoms with E-state index in [0.29, 0.717) is 60.3 Å². The molecule has 0 saturated carbocycles. The van der Waals surface area contributed by atoms with Gasteiger partial charge in [0.05, 0.1) is 16.4 Å². The molecule has 226 valence electrons. The number of hydrogen-bond acceptors (Lipinski definition) is 7. The molecule has 7 rings (SSSR count). The molecule has 1 heterocycles. The number of rotatable bonds is 4. The lowest BCUT2D eigenvalue weighted by Crippen LogP contribution is -2.17. The van der Waals surface area contributed by atoms with E-state index >= 15 is 0 Å². The zero-order valence-corrected chi connectivity index (χ0v) is 23.0. The topological polar surface area (TPSA) is 104 Å². The van der Waals surface area contributed by atoms with Crippen LogP contribution in [0.15, 0.2) is 89.9 Å². The van der Waals surface area contributed by atoms with E-state index in [2.05, 4.69) is 14.5 Å². The van der Waals surface area contributed by atoms with Crippen molar-refractivity contribution in [3.8, 4) is 39.9 Å². The number of aromatic nitrogens is 2. The van der Waals surface area contributed by atoms with Crippen molar-refractivity contribution in [2.45, 2.75) is 12.7 Å². The van der Waals surface area contributed by atoms with Crippen molar-refractivity contribution in [3.63, 3.8) is 0 Å². The van der Waals surface area contributed by atoms with Gasteiger partial charge in [-0.3, -0.25) is 5.41 Å². The molecule has 6 aromatic carbocycles. The van der Waals surface area contributed by atoms with E-state index in [4.69, 9.17) is 15.4 Å². The minimum Gasteiger partial charge on any atom is -0.406 e. The van der Waals surface area contributed by atoms with E-state index in [1.54, 1.807) is 54.7 Å². The van der Waals surface area contributed by atoms with Crippen molar-refractivity contribution < 1.29 is 35.8 Å². The summed E-state index contributed by atoms with van der Waals surface area (Å²) in [6.45, 7) is 0. The molecule has 0 saturated heterocycles. The Kier molecular flexibility index (Phi) is 6.41. The van der Waals surface area contributed by atoms with Crippen molar-refractivity contribution >= 4 is 43.6 Å². The number of benzene rings is 4. The van der Waals surface area contributed by atoms with Gasteiger partial charge in [0.15, 0.2) is 0 Å². The fourth-order valence-electron chi connectivity index (χ4n) is 5.58. The maximum atomic E-state index is 12.8. The Morgan fingerprint density at radius 3 is 1.61 bits per heavy atom. The van der Waals surface area contributed by atoms with Gasteiger partial charge in [0.2, 0.25) is 6.19 Å². The summed E-state index contributed by atoms with van der Waals surface area (Å²) in [6.07, 6.45) is -7.92. The van der Waals surface area contributed by atoms with E-state index in [9.17, 15) is 31.6 Å². The van der Waals surface area contributed by atoms with Crippen LogP contribution in [0.3, 0.4) is 0 Å². The van der Waals surface area contributed by atoms with Crippen LogP contribution in [0, 0.1) is 16.9 Å². The van der Waals surface area contributed by atoms with Crippen LogP contribution in [0.2, 0.25) is 0 Å².